The van der Waals surface area contributed by atoms with Gasteiger partial charge in [-0.1, -0.05) is 156 Å². The first kappa shape index (κ1) is 41.7. The van der Waals surface area contributed by atoms with Crippen molar-refractivity contribution in [2.75, 3.05) is 9.80 Å². The van der Waals surface area contributed by atoms with E-state index in [2.05, 4.69) is 243 Å². The van der Waals surface area contributed by atoms with Gasteiger partial charge in [-0.25, -0.2) is 0 Å². The molecule has 0 spiro atoms. The number of hydrogen-bond acceptors (Lipinski definition) is 3. The third-order valence-electron chi connectivity index (χ3n) is 14.2. The molecular weight excluding hydrogens is 806 g/mol. The van der Waals surface area contributed by atoms with Crippen molar-refractivity contribution in [1.82, 2.24) is 4.57 Å². The summed E-state index contributed by atoms with van der Waals surface area (Å²) in [4.78, 5) is 5.14. The van der Waals surface area contributed by atoms with Crippen molar-refractivity contribution < 1.29 is 0 Å². The van der Waals surface area contributed by atoms with Crippen LogP contribution >= 0.6 is 11.3 Å². The molecule has 5 heteroatoms. The van der Waals surface area contributed by atoms with Crippen molar-refractivity contribution in [3.8, 4) is 5.69 Å². The van der Waals surface area contributed by atoms with Gasteiger partial charge in [-0.05, 0) is 128 Å². The van der Waals surface area contributed by atoms with Crippen molar-refractivity contribution in [2.24, 2.45) is 0 Å². The lowest BCUT2D eigenvalue weighted by Gasteiger charge is -2.43. The van der Waals surface area contributed by atoms with Crippen LogP contribution in [0, 0.1) is 0 Å². The lowest BCUT2D eigenvalue weighted by molar-refractivity contribution is 0.590. The van der Waals surface area contributed by atoms with E-state index < -0.39 is 0 Å². The number of anilines is 6. The maximum atomic E-state index is 2.60. The zero-order chi connectivity index (χ0) is 45.5. The van der Waals surface area contributed by atoms with E-state index in [1.54, 1.807) is 0 Å². The van der Waals surface area contributed by atoms with Crippen LogP contribution in [0.15, 0.2) is 146 Å². The minimum atomic E-state index is -0.0186. The molecule has 4 heterocycles. The first-order valence-electron chi connectivity index (χ1n) is 23.5. The first-order valence-corrected chi connectivity index (χ1v) is 24.3. The van der Waals surface area contributed by atoms with Gasteiger partial charge in [0.25, 0.3) is 6.71 Å². The zero-order valence-corrected chi connectivity index (χ0v) is 41.0. The lowest BCUT2D eigenvalue weighted by Crippen LogP contribution is -2.60. The number of rotatable bonds is 3. The van der Waals surface area contributed by atoms with E-state index in [0.29, 0.717) is 0 Å². The molecule has 3 nitrogen and oxygen atoms in total. The van der Waals surface area contributed by atoms with Crippen LogP contribution in [-0.4, -0.2) is 11.3 Å². The van der Waals surface area contributed by atoms with Crippen molar-refractivity contribution >= 4 is 99.8 Å². The van der Waals surface area contributed by atoms with Gasteiger partial charge in [0.15, 0.2) is 0 Å². The summed E-state index contributed by atoms with van der Waals surface area (Å²) in [6.07, 6.45) is 0. The molecule has 11 rings (SSSR count). The molecule has 0 saturated heterocycles. The van der Waals surface area contributed by atoms with Crippen molar-refractivity contribution in [3.63, 3.8) is 0 Å². The molecule has 7 aromatic carbocycles. The number of benzene rings is 7. The van der Waals surface area contributed by atoms with Crippen LogP contribution in [0.25, 0.3) is 37.6 Å². The maximum Gasteiger partial charge on any atom is 0.264 e. The minimum absolute atomic E-state index is 0.0186. The first-order chi connectivity index (χ1) is 30.8. The standard InChI is InChI=1S/C60H60BN3S/c1-57(2,3)37-20-27-41(28-21-37)62-48-17-14-13-16-44(48)45-35-46-53(36-52(45)62)65-56-55(46)64(43-31-24-39(25-32-43)59(7,8)9)51-19-15-18-50-54(51)61(56)47-34-40(60(10,11)12)26-33-49(47)63(50)42-29-22-38(23-30-42)58(4,5)6/h13-36H,1-12H3. The summed E-state index contributed by atoms with van der Waals surface area (Å²) in [7, 11) is 0. The highest BCUT2D eigenvalue weighted by Gasteiger charge is 2.45. The topological polar surface area (TPSA) is 11.4 Å². The highest BCUT2D eigenvalue weighted by molar-refractivity contribution is 7.33. The molecule has 324 valence electrons. The number of thiophene rings is 1. The Kier molecular flexibility index (Phi) is 9.12. The Bertz CT molecular complexity index is 3340. The van der Waals surface area contributed by atoms with Gasteiger partial charge in [0.05, 0.1) is 16.7 Å². The van der Waals surface area contributed by atoms with Crippen LogP contribution in [0.2, 0.25) is 0 Å². The Hall–Kier alpha value is -6.04. The predicted molar refractivity (Wildman–Crippen MR) is 285 cm³/mol. The summed E-state index contributed by atoms with van der Waals surface area (Å²) < 4.78 is 5.18. The van der Waals surface area contributed by atoms with Gasteiger partial charge in [-0.15, -0.1) is 11.3 Å². The SMILES string of the molecule is CC(C)(C)c1ccc(N2c3ccc(C(C)(C)C)cc3B3c4sc5cc6c(cc5c4N(c4ccc(C(C)(C)C)cc4)c4cccc2c43)c2ccccc2n6-c2ccc(C(C)(C)C)cc2)cc1. The number of hydrogen-bond donors (Lipinski definition) is 0. The van der Waals surface area contributed by atoms with E-state index in [1.165, 1.54) is 110 Å². The van der Waals surface area contributed by atoms with E-state index in [4.69, 9.17) is 0 Å². The third-order valence-corrected chi connectivity index (χ3v) is 15.4. The quantitative estimate of drug-likeness (QED) is 0.164. The monoisotopic (exact) mass is 865 g/mol. The number of para-hydroxylation sites is 1. The Morgan fingerprint density at radius 2 is 0.908 bits per heavy atom. The van der Waals surface area contributed by atoms with E-state index >= 15 is 0 Å². The number of fused-ring (bicyclic) bond motifs is 9. The van der Waals surface area contributed by atoms with Crippen LogP contribution in [0.1, 0.15) is 105 Å². The Balaban J connectivity index is 1.22. The molecule has 0 atom stereocenters. The smallest absolute Gasteiger partial charge is 0.264 e. The summed E-state index contributed by atoms with van der Waals surface area (Å²) in [6, 6.07) is 56.3. The van der Waals surface area contributed by atoms with Crippen LogP contribution in [0.5, 0.6) is 0 Å². The van der Waals surface area contributed by atoms with Gasteiger partial charge in [-0.2, -0.15) is 0 Å². The van der Waals surface area contributed by atoms with Crippen molar-refractivity contribution in [1.29, 1.82) is 0 Å². The summed E-state index contributed by atoms with van der Waals surface area (Å²) in [5, 5.41) is 3.85. The highest BCUT2D eigenvalue weighted by Crippen LogP contribution is 2.50. The molecule has 2 aliphatic heterocycles. The Labute approximate surface area is 390 Å². The van der Waals surface area contributed by atoms with Gasteiger partial charge in [0, 0.05) is 59.8 Å². The summed E-state index contributed by atoms with van der Waals surface area (Å²) in [5.74, 6) is 0. The maximum absolute atomic E-state index is 2.60. The molecule has 65 heavy (non-hydrogen) atoms. The van der Waals surface area contributed by atoms with E-state index in [-0.39, 0.29) is 28.4 Å². The van der Waals surface area contributed by atoms with Crippen LogP contribution in [0.3, 0.4) is 0 Å². The molecule has 0 bridgehead atoms. The Morgan fingerprint density at radius 3 is 1.48 bits per heavy atom. The van der Waals surface area contributed by atoms with E-state index in [9.17, 15) is 0 Å². The van der Waals surface area contributed by atoms with Crippen LogP contribution in [0.4, 0.5) is 34.1 Å². The summed E-state index contributed by atoms with van der Waals surface area (Å²) >= 11 is 1.98. The fraction of sp³-hybridized carbons (Fsp3) is 0.267. The third kappa shape index (κ3) is 6.59. The summed E-state index contributed by atoms with van der Waals surface area (Å²) in [6.45, 7) is 27.7. The molecule has 0 saturated carbocycles. The normalized spacial score (nSPS) is 14.1. The van der Waals surface area contributed by atoms with Crippen LogP contribution in [-0.2, 0) is 21.7 Å². The molecular formula is C60H60BN3S. The predicted octanol–water partition coefficient (Wildman–Crippen LogP) is 15.3. The fourth-order valence-corrected chi connectivity index (χ4v) is 11.8. The molecule has 0 fully saturated rings. The molecule has 0 unspecified atom stereocenters. The second-order valence-corrected chi connectivity index (χ2v) is 23.8. The number of aromatic nitrogens is 1. The number of nitrogens with zero attached hydrogens (tertiary/aromatic N) is 3. The second-order valence-electron chi connectivity index (χ2n) is 22.8. The average molecular weight is 866 g/mol. The molecule has 0 N–H and O–H groups in total. The molecule has 2 aliphatic rings. The average Bonchev–Trinajstić information content (AvgIpc) is 3.79. The van der Waals surface area contributed by atoms with E-state index in [1.807, 2.05) is 11.3 Å². The van der Waals surface area contributed by atoms with Gasteiger partial charge < -0.3 is 14.4 Å². The highest BCUT2D eigenvalue weighted by atomic mass is 32.1. The fourth-order valence-electron chi connectivity index (χ4n) is 10.5. The van der Waals surface area contributed by atoms with Gasteiger partial charge in [0.1, 0.15) is 0 Å². The molecule has 0 radical (unpaired) electrons. The Morgan fingerprint density at radius 1 is 0.400 bits per heavy atom. The molecule has 0 amide bonds. The zero-order valence-electron chi connectivity index (χ0n) is 40.2. The largest absolute Gasteiger partial charge is 0.311 e. The van der Waals surface area contributed by atoms with Crippen LogP contribution < -0.4 is 25.5 Å². The molecule has 9 aromatic rings. The van der Waals surface area contributed by atoms with Gasteiger partial charge >= 0.3 is 0 Å². The van der Waals surface area contributed by atoms with E-state index in [0.717, 1.165) is 0 Å². The van der Waals surface area contributed by atoms with Crippen molar-refractivity contribution in [3.05, 3.63) is 168 Å². The minimum Gasteiger partial charge on any atom is -0.311 e. The second kappa shape index (κ2) is 14.2. The van der Waals surface area contributed by atoms with Gasteiger partial charge in [0.2, 0.25) is 0 Å². The van der Waals surface area contributed by atoms with Gasteiger partial charge in [-0.3, -0.25) is 0 Å². The molecule has 0 aliphatic carbocycles. The lowest BCUT2D eigenvalue weighted by atomic mass is 9.36. The molecule has 2 aromatic heterocycles. The summed E-state index contributed by atoms with van der Waals surface area (Å²) in [5.41, 5.74) is 19.3. The van der Waals surface area contributed by atoms with Crippen molar-refractivity contribution in [2.45, 2.75) is 105 Å².